The van der Waals surface area contributed by atoms with Gasteiger partial charge in [0.15, 0.2) is 0 Å². The minimum atomic E-state index is -0.244. The molecular weight excluding hydrogens is 280 g/mol. The van der Waals surface area contributed by atoms with Crippen LogP contribution in [-0.2, 0) is 9.53 Å². The van der Waals surface area contributed by atoms with E-state index in [1.165, 1.54) is 0 Å². The Bertz CT molecular complexity index is 480. The van der Waals surface area contributed by atoms with Crippen LogP contribution in [-0.4, -0.2) is 66.3 Å². The molecule has 2 fully saturated rings. The van der Waals surface area contributed by atoms with Crippen molar-refractivity contribution in [3.8, 4) is 0 Å². The van der Waals surface area contributed by atoms with Crippen LogP contribution < -0.4 is 0 Å². The van der Waals surface area contributed by atoms with E-state index < -0.39 is 0 Å². The summed E-state index contributed by atoms with van der Waals surface area (Å²) in [5, 5.41) is 9.73. The molecule has 120 valence electrons. The summed E-state index contributed by atoms with van der Waals surface area (Å²) in [4.78, 5) is 17.2. The van der Waals surface area contributed by atoms with E-state index in [9.17, 15) is 9.90 Å². The summed E-state index contributed by atoms with van der Waals surface area (Å²) in [7, 11) is 0. The molecule has 5 nitrogen and oxygen atoms in total. The summed E-state index contributed by atoms with van der Waals surface area (Å²) in [6.07, 6.45) is 1.24. The van der Waals surface area contributed by atoms with Crippen molar-refractivity contribution in [2.45, 2.75) is 25.0 Å². The predicted octanol–water partition coefficient (Wildman–Crippen LogP) is 1.04. The average molecular weight is 304 g/mol. The van der Waals surface area contributed by atoms with E-state index >= 15 is 0 Å². The maximum absolute atomic E-state index is 13.0. The predicted molar refractivity (Wildman–Crippen MR) is 83.4 cm³/mol. The third-order valence-electron chi connectivity index (χ3n) is 4.54. The first-order chi connectivity index (χ1) is 10.8. The van der Waals surface area contributed by atoms with Gasteiger partial charge in [-0.15, -0.1) is 0 Å². The number of piperidine rings is 1. The van der Waals surface area contributed by atoms with Crippen molar-refractivity contribution in [2.24, 2.45) is 0 Å². The molecule has 1 atom stereocenters. The smallest absolute Gasteiger partial charge is 0.244 e. The van der Waals surface area contributed by atoms with Crippen LogP contribution in [0.15, 0.2) is 30.3 Å². The van der Waals surface area contributed by atoms with Gasteiger partial charge in [0.1, 0.15) is 6.04 Å². The summed E-state index contributed by atoms with van der Waals surface area (Å²) in [6, 6.07) is 9.73. The molecule has 1 aromatic carbocycles. The van der Waals surface area contributed by atoms with Gasteiger partial charge in [0.25, 0.3) is 0 Å². The Morgan fingerprint density at radius 2 is 1.73 bits per heavy atom. The second-order valence-corrected chi connectivity index (χ2v) is 6.02. The number of aliphatic hydroxyl groups is 1. The number of hydrogen-bond donors (Lipinski definition) is 1. The van der Waals surface area contributed by atoms with E-state index in [0.717, 1.165) is 31.5 Å². The maximum Gasteiger partial charge on any atom is 0.244 e. The third kappa shape index (κ3) is 3.48. The van der Waals surface area contributed by atoms with E-state index in [-0.39, 0.29) is 18.1 Å². The molecule has 0 aromatic heterocycles. The lowest BCUT2D eigenvalue weighted by atomic mass is 9.99. The van der Waals surface area contributed by atoms with Crippen LogP contribution in [0.1, 0.15) is 24.4 Å². The minimum absolute atomic E-state index is 0.158. The summed E-state index contributed by atoms with van der Waals surface area (Å²) < 4.78 is 5.35. The molecule has 22 heavy (non-hydrogen) atoms. The molecule has 0 radical (unpaired) electrons. The lowest BCUT2D eigenvalue weighted by molar-refractivity contribution is -0.142. The van der Waals surface area contributed by atoms with Crippen molar-refractivity contribution in [3.63, 3.8) is 0 Å². The summed E-state index contributed by atoms with van der Waals surface area (Å²) >= 11 is 0. The fourth-order valence-electron chi connectivity index (χ4n) is 3.25. The van der Waals surface area contributed by atoms with Gasteiger partial charge >= 0.3 is 0 Å². The van der Waals surface area contributed by atoms with Crippen LogP contribution >= 0.6 is 0 Å². The van der Waals surface area contributed by atoms with Gasteiger partial charge in [0.05, 0.1) is 19.3 Å². The minimum Gasteiger partial charge on any atom is -0.393 e. The molecule has 1 N–H and O–H groups in total. The number of ether oxygens (including phenoxy) is 1. The van der Waals surface area contributed by atoms with Gasteiger partial charge in [-0.05, 0) is 18.4 Å². The topological polar surface area (TPSA) is 53.0 Å². The zero-order valence-corrected chi connectivity index (χ0v) is 12.9. The van der Waals surface area contributed by atoms with Crippen molar-refractivity contribution in [3.05, 3.63) is 35.9 Å². The fraction of sp³-hybridized carbons (Fsp3) is 0.588. The number of nitrogens with zero attached hydrogens (tertiary/aromatic N) is 2. The lowest BCUT2D eigenvalue weighted by Crippen LogP contribution is -2.49. The molecule has 2 aliphatic rings. The molecule has 3 rings (SSSR count). The number of rotatable bonds is 3. The third-order valence-corrected chi connectivity index (χ3v) is 4.54. The average Bonchev–Trinajstić information content (AvgIpc) is 2.58. The number of morpholine rings is 1. The number of carbonyl (C=O) groups excluding carboxylic acids is 1. The zero-order chi connectivity index (χ0) is 15.4. The van der Waals surface area contributed by atoms with Crippen LogP contribution in [0, 0.1) is 0 Å². The normalized spacial score (nSPS) is 22.5. The number of aliphatic hydroxyl groups excluding tert-OH is 1. The first-order valence-corrected chi connectivity index (χ1v) is 8.09. The molecule has 2 heterocycles. The van der Waals surface area contributed by atoms with Gasteiger partial charge in [-0.25, -0.2) is 0 Å². The fourth-order valence-corrected chi connectivity index (χ4v) is 3.25. The Hall–Kier alpha value is -1.43. The molecule has 0 aliphatic carbocycles. The highest BCUT2D eigenvalue weighted by atomic mass is 16.5. The Labute approximate surface area is 131 Å². The molecule has 5 heteroatoms. The molecule has 1 amide bonds. The van der Waals surface area contributed by atoms with Crippen LogP contribution in [0.25, 0.3) is 0 Å². The SMILES string of the molecule is O=C([C@@H](c1ccccc1)N1CCC(O)CC1)N1CCOCC1. The quantitative estimate of drug-likeness (QED) is 0.907. The number of likely N-dealkylation sites (tertiary alicyclic amines) is 1. The van der Waals surface area contributed by atoms with Crippen molar-refractivity contribution < 1.29 is 14.6 Å². The van der Waals surface area contributed by atoms with Crippen LogP contribution in [0.2, 0.25) is 0 Å². The number of amides is 1. The monoisotopic (exact) mass is 304 g/mol. The molecule has 0 spiro atoms. The van der Waals surface area contributed by atoms with Gasteiger partial charge in [0.2, 0.25) is 5.91 Å². The highest BCUT2D eigenvalue weighted by Crippen LogP contribution is 2.27. The molecular formula is C17H24N2O3. The van der Waals surface area contributed by atoms with Crippen molar-refractivity contribution in [2.75, 3.05) is 39.4 Å². The van der Waals surface area contributed by atoms with Gasteiger partial charge in [-0.3, -0.25) is 9.69 Å². The number of hydrogen-bond acceptors (Lipinski definition) is 4. The Balaban J connectivity index is 1.81. The van der Waals surface area contributed by atoms with Crippen molar-refractivity contribution >= 4 is 5.91 Å². The largest absolute Gasteiger partial charge is 0.393 e. The second-order valence-electron chi connectivity index (χ2n) is 6.02. The van der Waals surface area contributed by atoms with Crippen LogP contribution in [0.4, 0.5) is 0 Å². The number of carbonyl (C=O) groups is 1. The van der Waals surface area contributed by atoms with E-state index in [0.29, 0.717) is 26.3 Å². The van der Waals surface area contributed by atoms with E-state index in [4.69, 9.17) is 4.74 Å². The molecule has 0 unspecified atom stereocenters. The Morgan fingerprint density at radius 3 is 2.36 bits per heavy atom. The summed E-state index contributed by atoms with van der Waals surface area (Å²) in [6.45, 7) is 4.09. The first-order valence-electron chi connectivity index (χ1n) is 8.09. The van der Waals surface area contributed by atoms with E-state index in [2.05, 4.69) is 4.90 Å². The standard InChI is InChI=1S/C17H24N2O3/c20-15-6-8-18(9-7-15)16(14-4-2-1-3-5-14)17(21)19-10-12-22-13-11-19/h1-5,15-16,20H,6-13H2/t16-/m1/s1. The van der Waals surface area contributed by atoms with Gasteiger partial charge in [-0.1, -0.05) is 30.3 Å². The highest BCUT2D eigenvalue weighted by Gasteiger charge is 2.33. The molecule has 2 aliphatic heterocycles. The Morgan fingerprint density at radius 1 is 1.09 bits per heavy atom. The van der Waals surface area contributed by atoms with E-state index in [1.54, 1.807) is 0 Å². The maximum atomic E-state index is 13.0. The lowest BCUT2D eigenvalue weighted by Gasteiger charge is -2.39. The van der Waals surface area contributed by atoms with Crippen molar-refractivity contribution in [1.82, 2.24) is 9.80 Å². The van der Waals surface area contributed by atoms with Crippen LogP contribution in [0.3, 0.4) is 0 Å². The Kier molecular flexibility index (Phi) is 5.08. The van der Waals surface area contributed by atoms with Crippen molar-refractivity contribution in [1.29, 1.82) is 0 Å². The van der Waals surface area contributed by atoms with Gasteiger partial charge < -0.3 is 14.7 Å². The highest BCUT2D eigenvalue weighted by molar-refractivity contribution is 5.83. The van der Waals surface area contributed by atoms with Gasteiger partial charge in [0, 0.05) is 26.2 Å². The van der Waals surface area contributed by atoms with Gasteiger partial charge in [-0.2, -0.15) is 0 Å². The first kappa shape index (κ1) is 15.5. The molecule has 2 saturated heterocycles. The molecule has 1 aromatic rings. The summed E-state index contributed by atoms with van der Waals surface area (Å²) in [5.74, 6) is 0.158. The van der Waals surface area contributed by atoms with E-state index in [1.807, 2.05) is 35.2 Å². The van der Waals surface area contributed by atoms with Crippen LogP contribution in [0.5, 0.6) is 0 Å². The molecule has 0 saturated carbocycles. The molecule has 0 bridgehead atoms. The number of benzene rings is 1. The zero-order valence-electron chi connectivity index (χ0n) is 12.9. The summed E-state index contributed by atoms with van der Waals surface area (Å²) in [5.41, 5.74) is 1.04. The second kappa shape index (κ2) is 7.22.